The molecule has 2 nitrogen and oxygen atoms in total. The van der Waals surface area contributed by atoms with Gasteiger partial charge in [-0.05, 0) is 48.4 Å². The molecule has 112 valence electrons. The van der Waals surface area contributed by atoms with E-state index in [1.54, 1.807) is 0 Å². The first-order chi connectivity index (χ1) is 10.3. The summed E-state index contributed by atoms with van der Waals surface area (Å²) in [5.41, 5.74) is 2.35. The molecule has 1 aliphatic carbocycles. The lowest BCUT2D eigenvalue weighted by molar-refractivity contribution is 0.773. The molecule has 1 saturated carbocycles. The van der Waals surface area contributed by atoms with E-state index >= 15 is 0 Å². The number of hydrogen-bond acceptors (Lipinski definition) is 3. The number of pyridine rings is 1. The zero-order chi connectivity index (χ0) is 14.7. The highest BCUT2D eigenvalue weighted by Gasteiger charge is 2.30. The average molecular weight is 321 g/mol. The van der Waals surface area contributed by atoms with Crippen LogP contribution in [0, 0.1) is 0 Å². The van der Waals surface area contributed by atoms with Gasteiger partial charge in [0.25, 0.3) is 0 Å². The standard InChI is InChI=1S/C17H21ClN2S/c1-2-4-14-9-13(11-18)10-17(19-14)20(15-6-7-15)12-16-5-3-8-21-16/h3,5,8-10,15H,2,4,6-7,11-12H2,1H3. The van der Waals surface area contributed by atoms with E-state index in [0.29, 0.717) is 11.9 Å². The predicted octanol–water partition coefficient (Wildman–Crippen LogP) is 5.00. The number of rotatable bonds is 7. The van der Waals surface area contributed by atoms with Crippen molar-refractivity contribution in [1.82, 2.24) is 4.98 Å². The highest BCUT2D eigenvalue weighted by molar-refractivity contribution is 7.09. The van der Waals surface area contributed by atoms with Crippen molar-refractivity contribution >= 4 is 28.8 Å². The van der Waals surface area contributed by atoms with Crippen molar-refractivity contribution in [3.05, 3.63) is 45.8 Å². The number of anilines is 1. The molecule has 0 aromatic carbocycles. The topological polar surface area (TPSA) is 16.1 Å². The van der Waals surface area contributed by atoms with Gasteiger partial charge in [-0.3, -0.25) is 0 Å². The Hall–Kier alpha value is -1.06. The number of halogens is 1. The fourth-order valence-electron chi connectivity index (χ4n) is 2.60. The fraction of sp³-hybridized carbons (Fsp3) is 0.471. The molecule has 4 heteroatoms. The summed E-state index contributed by atoms with van der Waals surface area (Å²) >= 11 is 7.89. The maximum atomic E-state index is 6.07. The normalized spacial score (nSPS) is 14.4. The lowest BCUT2D eigenvalue weighted by Gasteiger charge is -2.24. The van der Waals surface area contributed by atoms with Crippen molar-refractivity contribution in [1.29, 1.82) is 0 Å². The molecule has 0 spiro atoms. The van der Waals surface area contributed by atoms with Crippen LogP contribution < -0.4 is 4.90 Å². The van der Waals surface area contributed by atoms with Gasteiger partial charge in [0.2, 0.25) is 0 Å². The quantitative estimate of drug-likeness (QED) is 0.667. The summed E-state index contributed by atoms with van der Waals surface area (Å²) in [6, 6.07) is 9.29. The second kappa shape index (κ2) is 6.80. The minimum atomic E-state index is 0.559. The molecule has 2 heterocycles. The zero-order valence-corrected chi connectivity index (χ0v) is 14.0. The second-order valence-corrected chi connectivity index (χ2v) is 6.95. The van der Waals surface area contributed by atoms with E-state index in [1.807, 2.05) is 11.3 Å². The van der Waals surface area contributed by atoms with E-state index in [-0.39, 0.29) is 0 Å². The molecule has 0 unspecified atom stereocenters. The van der Waals surface area contributed by atoms with Gasteiger partial charge in [-0.2, -0.15) is 0 Å². The Morgan fingerprint density at radius 1 is 1.38 bits per heavy atom. The van der Waals surface area contributed by atoms with Gasteiger partial charge in [-0.1, -0.05) is 19.4 Å². The van der Waals surface area contributed by atoms with E-state index in [9.17, 15) is 0 Å². The minimum absolute atomic E-state index is 0.559. The predicted molar refractivity (Wildman–Crippen MR) is 91.3 cm³/mol. The van der Waals surface area contributed by atoms with E-state index in [4.69, 9.17) is 16.6 Å². The molecule has 1 aliphatic rings. The van der Waals surface area contributed by atoms with Gasteiger partial charge < -0.3 is 4.90 Å². The van der Waals surface area contributed by atoms with Crippen LogP contribution in [0.15, 0.2) is 29.6 Å². The molecule has 0 N–H and O–H groups in total. The van der Waals surface area contributed by atoms with Crippen molar-refractivity contribution in [2.45, 2.75) is 51.1 Å². The molecule has 0 aliphatic heterocycles. The summed E-state index contributed by atoms with van der Waals surface area (Å²) < 4.78 is 0. The largest absolute Gasteiger partial charge is 0.348 e. The van der Waals surface area contributed by atoms with Crippen LogP contribution in [0.4, 0.5) is 5.82 Å². The Morgan fingerprint density at radius 3 is 2.86 bits per heavy atom. The van der Waals surface area contributed by atoms with E-state index in [1.165, 1.54) is 29.0 Å². The first-order valence-corrected chi connectivity index (χ1v) is 9.06. The van der Waals surface area contributed by atoms with E-state index in [0.717, 1.165) is 25.2 Å². The maximum Gasteiger partial charge on any atom is 0.129 e. The van der Waals surface area contributed by atoms with Crippen molar-refractivity contribution < 1.29 is 0 Å². The Kier molecular flexibility index (Phi) is 4.81. The number of aryl methyl sites for hydroxylation is 1. The summed E-state index contributed by atoms with van der Waals surface area (Å²) in [7, 11) is 0. The smallest absolute Gasteiger partial charge is 0.129 e. The van der Waals surface area contributed by atoms with E-state index in [2.05, 4.69) is 41.5 Å². The van der Waals surface area contributed by atoms with Crippen LogP contribution in [0.5, 0.6) is 0 Å². The summed E-state index contributed by atoms with van der Waals surface area (Å²) in [5, 5.41) is 2.14. The molecule has 0 atom stereocenters. The first-order valence-electron chi connectivity index (χ1n) is 7.65. The minimum Gasteiger partial charge on any atom is -0.348 e. The SMILES string of the molecule is CCCc1cc(CCl)cc(N(Cc2cccs2)C2CC2)n1. The Morgan fingerprint density at radius 2 is 2.24 bits per heavy atom. The molecule has 1 fully saturated rings. The summed E-state index contributed by atoms with van der Waals surface area (Å²) in [4.78, 5) is 8.74. The van der Waals surface area contributed by atoms with Gasteiger partial charge in [0.05, 0.1) is 6.54 Å². The monoisotopic (exact) mass is 320 g/mol. The van der Waals surface area contributed by atoms with Crippen molar-refractivity contribution in [3.8, 4) is 0 Å². The van der Waals surface area contributed by atoms with Gasteiger partial charge in [-0.15, -0.1) is 22.9 Å². The van der Waals surface area contributed by atoms with Gasteiger partial charge in [0.15, 0.2) is 0 Å². The summed E-state index contributed by atoms with van der Waals surface area (Å²) in [6.45, 7) is 3.16. The molecule has 0 amide bonds. The van der Waals surface area contributed by atoms with Crippen LogP contribution in [0.2, 0.25) is 0 Å². The zero-order valence-electron chi connectivity index (χ0n) is 12.4. The Balaban J connectivity index is 1.88. The highest BCUT2D eigenvalue weighted by atomic mass is 35.5. The molecule has 21 heavy (non-hydrogen) atoms. The highest BCUT2D eigenvalue weighted by Crippen LogP contribution is 2.33. The Bertz CT molecular complexity index is 578. The maximum absolute atomic E-state index is 6.07. The first kappa shape index (κ1) is 14.9. The number of aromatic nitrogens is 1. The number of hydrogen-bond donors (Lipinski definition) is 0. The van der Waals surface area contributed by atoms with Gasteiger partial charge >= 0.3 is 0 Å². The van der Waals surface area contributed by atoms with Crippen molar-refractivity contribution in [3.63, 3.8) is 0 Å². The molecular weight excluding hydrogens is 300 g/mol. The lowest BCUT2D eigenvalue weighted by atomic mass is 10.1. The molecule has 3 rings (SSSR count). The summed E-state index contributed by atoms with van der Waals surface area (Å²) in [5.74, 6) is 1.66. The molecule has 2 aromatic heterocycles. The molecular formula is C17H21ClN2S. The average Bonchev–Trinajstić information content (AvgIpc) is 3.21. The molecule has 0 radical (unpaired) electrons. The third kappa shape index (κ3) is 3.78. The third-order valence-electron chi connectivity index (χ3n) is 3.77. The molecule has 2 aromatic rings. The van der Waals surface area contributed by atoms with E-state index < -0.39 is 0 Å². The Labute approximate surface area is 135 Å². The number of alkyl halides is 1. The van der Waals surface area contributed by atoms with Crippen LogP contribution in [0.25, 0.3) is 0 Å². The third-order valence-corrected chi connectivity index (χ3v) is 4.94. The van der Waals surface area contributed by atoms with Crippen molar-refractivity contribution in [2.75, 3.05) is 4.90 Å². The summed E-state index contributed by atoms with van der Waals surface area (Å²) in [6.07, 6.45) is 4.70. The molecule has 0 saturated heterocycles. The number of thiophene rings is 1. The molecule has 0 bridgehead atoms. The fourth-order valence-corrected chi connectivity index (χ4v) is 3.45. The van der Waals surface area contributed by atoms with Gasteiger partial charge in [-0.25, -0.2) is 4.98 Å². The van der Waals surface area contributed by atoms with Crippen LogP contribution in [0.1, 0.15) is 42.3 Å². The number of nitrogens with zero attached hydrogens (tertiary/aromatic N) is 2. The van der Waals surface area contributed by atoms with Crippen LogP contribution >= 0.6 is 22.9 Å². The van der Waals surface area contributed by atoms with Gasteiger partial charge in [0.1, 0.15) is 5.82 Å². The van der Waals surface area contributed by atoms with Crippen LogP contribution in [0.3, 0.4) is 0 Å². The second-order valence-electron chi connectivity index (χ2n) is 5.65. The van der Waals surface area contributed by atoms with Gasteiger partial charge in [0, 0.05) is 22.5 Å². The van der Waals surface area contributed by atoms with Crippen LogP contribution in [-0.2, 0) is 18.8 Å². The lowest BCUT2D eigenvalue weighted by Crippen LogP contribution is -2.26. The van der Waals surface area contributed by atoms with Crippen molar-refractivity contribution in [2.24, 2.45) is 0 Å². The van der Waals surface area contributed by atoms with Crippen LogP contribution in [-0.4, -0.2) is 11.0 Å².